The predicted molar refractivity (Wildman–Crippen MR) is 85.7 cm³/mol. The fourth-order valence-electron chi connectivity index (χ4n) is 1.51. The van der Waals surface area contributed by atoms with E-state index in [0.29, 0.717) is 0 Å². The lowest BCUT2D eigenvalue weighted by Gasteiger charge is -2.08. The zero-order chi connectivity index (χ0) is 23.9. The molecular weight excluding hydrogens is 450 g/mol. The van der Waals surface area contributed by atoms with Crippen LogP contribution in [0.25, 0.3) is 0 Å². The van der Waals surface area contributed by atoms with E-state index in [2.05, 4.69) is 9.47 Å². The molecule has 0 bridgehead atoms. The van der Waals surface area contributed by atoms with Crippen molar-refractivity contribution in [2.75, 3.05) is 52.9 Å². The number of ether oxygens (including phenoxy) is 5. The van der Waals surface area contributed by atoms with Gasteiger partial charge in [-0.15, -0.1) is 0 Å². The highest BCUT2D eigenvalue weighted by atomic mass is 19.4. The second-order valence-corrected chi connectivity index (χ2v) is 5.56. The molecule has 0 spiro atoms. The third-order valence-electron chi connectivity index (χ3n) is 2.99. The van der Waals surface area contributed by atoms with Crippen LogP contribution in [0.4, 0.5) is 26.3 Å². The Bertz CT molecular complexity index is 539. The fraction of sp³-hybridized carbons (Fsp3) is 0.750. The van der Waals surface area contributed by atoms with Gasteiger partial charge in [-0.05, 0) is 0 Å². The topological polar surface area (TPSA) is 114 Å². The quantitative estimate of drug-likeness (QED) is 0.186. The summed E-state index contributed by atoms with van der Waals surface area (Å²) >= 11 is 0. The molecule has 180 valence electrons. The number of halogens is 6. The van der Waals surface area contributed by atoms with Crippen LogP contribution in [0.2, 0.25) is 0 Å². The zero-order valence-corrected chi connectivity index (χ0v) is 16.0. The van der Waals surface area contributed by atoms with Crippen LogP contribution in [-0.2, 0) is 42.9 Å². The first-order chi connectivity index (χ1) is 14.3. The van der Waals surface area contributed by atoms with Crippen molar-refractivity contribution in [2.24, 2.45) is 0 Å². The van der Waals surface area contributed by atoms with E-state index >= 15 is 0 Å². The molecule has 0 aliphatic rings. The maximum atomic E-state index is 11.9. The Kier molecular flexibility index (Phi) is 13.6. The van der Waals surface area contributed by atoms with Crippen molar-refractivity contribution in [3.05, 3.63) is 0 Å². The molecule has 0 aromatic heterocycles. The summed E-state index contributed by atoms with van der Waals surface area (Å²) in [6.07, 6.45) is -10.9. The van der Waals surface area contributed by atoms with E-state index in [1.165, 1.54) is 0 Å². The molecule has 0 saturated heterocycles. The molecule has 0 N–H and O–H groups in total. The van der Waals surface area contributed by atoms with Crippen molar-refractivity contribution < 1.29 is 69.2 Å². The Labute approximate surface area is 171 Å². The summed E-state index contributed by atoms with van der Waals surface area (Å²) in [4.78, 5) is 43.2. The van der Waals surface area contributed by atoms with Gasteiger partial charge in [0.15, 0.2) is 11.6 Å². The number of ketones is 2. The lowest BCUT2D eigenvalue weighted by molar-refractivity contribution is -0.199. The Hall–Kier alpha value is -2.26. The van der Waals surface area contributed by atoms with Gasteiger partial charge < -0.3 is 23.7 Å². The number of rotatable bonds is 16. The van der Waals surface area contributed by atoms with Gasteiger partial charge in [0.2, 0.25) is 0 Å². The minimum Gasteiger partial charge on any atom is -0.451 e. The first kappa shape index (κ1) is 28.7. The molecule has 0 aromatic rings. The second kappa shape index (κ2) is 14.7. The van der Waals surface area contributed by atoms with Crippen LogP contribution in [0.1, 0.15) is 12.8 Å². The fourth-order valence-corrected chi connectivity index (χ4v) is 1.51. The monoisotopic (exact) mass is 470 g/mol. The van der Waals surface area contributed by atoms with Crippen LogP contribution < -0.4 is 0 Å². The van der Waals surface area contributed by atoms with Crippen molar-refractivity contribution in [2.45, 2.75) is 25.2 Å². The Balaban J connectivity index is 3.49. The molecular formula is C16H20F6O9. The smallest absolute Gasteiger partial charge is 0.451 e. The van der Waals surface area contributed by atoms with Crippen LogP contribution in [0.3, 0.4) is 0 Å². The van der Waals surface area contributed by atoms with Crippen molar-refractivity contribution in [3.8, 4) is 0 Å². The first-order valence-corrected chi connectivity index (χ1v) is 8.58. The molecule has 0 rings (SSSR count). The van der Waals surface area contributed by atoms with Crippen molar-refractivity contribution in [1.82, 2.24) is 0 Å². The summed E-state index contributed by atoms with van der Waals surface area (Å²) < 4.78 is 93.7. The molecule has 0 aliphatic carbocycles. The van der Waals surface area contributed by atoms with Crippen molar-refractivity contribution in [1.29, 1.82) is 0 Å². The van der Waals surface area contributed by atoms with Gasteiger partial charge in [0, 0.05) is 12.8 Å². The van der Waals surface area contributed by atoms with Crippen LogP contribution in [0.15, 0.2) is 0 Å². The predicted octanol–water partition coefficient (Wildman–Crippen LogP) is 1.17. The van der Waals surface area contributed by atoms with Crippen LogP contribution in [0.5, 0.6) is 0 Å². The highest BCUT2D eigenvalue weighted by molar-refractivity contribution is 5.84. The number of hydrogen-bond acceptors (Lipinski definition) is 9. The maximum absolute atomic E-state index is 11.9. The summed E-state index contributed by atoms with van der Waals surface area (Å²) in [5, 5.41) is 0. The number of Topliss-reactive ketones (excluding diaryl/α,β-unsaturated/α-hetero) is 2. The molecule has 15 heteroatoms. The third kappa shape index (κ3) is 16.1. The molecule has 0 aliphatic heterocycles. The van der Waals surface area contributed by atoms with Gasteiger partial charge in [0.1, 0.15) is 13.2 Å². The molecule has 0 amide bonds. The lowest BCUT2D eigenvalue weighted by Crippen LogP contribution is -2.28. The van der Waals surface area contributed by atoms with E-state index in [4.69, 9.17) is 14.2 Å². The number of carbonyl (C=O) groups excluding carboxylic acids is 4. The minimum absolute atomic E-state index is 0.0542. The van der Waals surface area contributed by atoms with Crippen LogP contribution >= 0.6 is 0 Å². The van der Waals surface area contributed by atoms with E-state index in [0.717, 1.165) is 0 Å². The molecule has 9 nitrogen and oxygen atoms in total. The Morgan fingerprint density at radius 2 is 0.806 bits per heavy atom. The normalized spacial score (nSPS) is 11.8. The Morgan fingerprint density at radius 3 is 1.10 bits per heavy atom. The highest BCUT2D eigenvalue weighted by Gasteiger charge is 2.41. The van der Waals surface area contributed by atoms with E-state index < -0.39 is 49.1 Å². The maximum Gasteiger partial charge on any atom is 0.490 e. The zero-order valence-electron chi connectivity index (χ0n) is 16.0. The van der Waals surface area contributed by atoms with E-state index in [9.17, 15) is 45.5 Å². The molecule has 0 atom stereocenters. The average molecular weight is 470 g/mol. The number of alkyl halides is 6. The first-order valence-electron chi connectivity index (χ1n) is 8.58. The number of esters is 2. The van der Waals surface area contributed by atoms with Gasteiger partial charge in [-0.1, -0.05) is 0 Å². The third-order valence-corrected chi connectivity index (χ3v) is 2.99. The van der Waals surface area contributed by atoms with Crippen molar-refractivity contribution >= 4 is 23.5 Å². The molecule has 0 saturated carbocycles. The van der Waals surface area contributed by atoms with E-state index in [1.807, 2.05) is 0 Å². The molecule has 31 heavy (non-hydrogen) atoms. The SMILES string of the molecule is O=C(CCOCCOCCOCCC(=O)COC(=O)C(F)(F)F)COC(=O)C(F)(F)F. The average Bonchev–Trinajstić information content (AvgIpc) is 2.66. The standard InChI is InChI=1S/C16H20F6O9/c17-15(18,19)13(25)30-9-11(23)1-3-27-5-7-29-8-6-28-4-2-12(24)10-31-14(26)16(20,21)22/h1-10H2. The summed E-state index contributed by atoms with van der Waals surface area (Å²) in [6.45, 7) is -1.98. The van der Waals surface area contributed by atoms with Gasteiger partial charge in [-0.25, -0.2) is 9.59 Å². The van der Waals surface area contributed by atoms with Crippen LogP contribution in [0, 0.1) is 0 Å². The summed E-state index contributed by atoms with van der Waals surface area (Å²) in [6, 6.07) is 0. The molecule has 0 aromatic carbocycles. The molecule has 0 fully saturated rings. The lowest BCUT2D eigenvalue weighted by atomic mass is 10.3. The van der Waals surface area contributed by atoms with E-state index in [1.54, 1.807) is 0 Å². The highest BCUT2D eigenvalue weighted by Crippen LogP contribution is 2.17. The minimum atomic E-state index is -5.17. The molecule has 0 radical (unpaired) electrons. The largest absolute Gasteiger partial charge is 0.490 e. The molecule has 0 heterocycles. The summed E-state index contributed by atoms with van der Waals surface area (Å²) in [7, 11) is 0. The van der Waals surface area contributed by atoms with Gasteiger partial charge in [0.25, 0.3) is 0 Å². The van der Waals surface area contributed by atoms with Crippen LogP contribution in [-0.4, -0.2) is 88.7 Å². The molecule has 0 unspecified atom stereocenters. The van der Waals surface area contributed by atoms with Gasteiger partial charge in [-0.3, -0.25) is 9.59 Å². The van der Waals surface area contributed by atoms with E-state index in [-0.39, 0.29) is 52.5 Å². The van der Waals surface area contributed by atoms with Gasteiger partial charge in [-0.2, -0.15) is 26.3 Å². The summed E-state index contributed by atoms with van der Waals surface area (Å²) in [5.74, 6) is -6.41. The number of carbonyl (C=O) groups is 4. The summed E-state index contributed by atoms with van der Waals surface area (Å²) in [5.41, 5.74) is 0. The van der Waals surface area contributed by atoms with Gasteiger partial charge in [0.05, 0.1) is 39.6 Å². The van der Waals surface area contributed by atoms with Crippen molar-refractivity contribution in [3.63, 3.8) is 0 Å². The number of hydrogen-bond donors (Lipinski definition) is 0. The Morgan fingerprint density at radius 1 is 0.516 bits per heavy atom. The van der Waals surface area contributed by atoms with Gasteiger partial charge >= 0.3 is 24.3 Å². The second-order valence-electron chi connectivity index (χ2n) is 5.56.